The maximum atomic E-state index is 9.75. The van der Waals surface area contributed by atoms with Gasteiger partial charge in [0, 0.05) is 17.8 Å². The van der Waals surface area contributed by atoms with Crippen molar-refractivity contribution in [3.05, 3.63) is 53.1 Å². The van der Waals surface area contributed by atoms with Gasteiger partial charge in [0.05, 0.1) is 0 Å². The molecule has 0 aromatic heterocycles. The minimum Gasteiger partial charge on any atom is -0.508 e. The second-order valence-corrected chi connectivity index (χ2v) is 4.48. The third kappa shape index (κ3) is 2.74. The first-order valence-electron chi connectivity index (χ1n) is 5.88. The van der Waals surface area contributed by atoms with Gasteiger partial charge in [0.15, 0.2) is 0 Å². The van der Waals surface area contributed by atoms with E-state index in [1.165, 1.54) is 0 Å². The van der Waals surface area contributed by atoms with Gasteiger partial charge in [0.25, 0.3) is 0 Å². The van der Waals surface area contributed by atoms with Gasteiger partial charge in [-0.15, -0.1) is 0 Å². The summed E-state index contributed by atoms with van der Waals surface area (Å²) in [5, 5.41) is 22.3. The molecule has 0 atom stereocenters. The summed E-state index contributed by atoms with van der Waals surface area (Å²) in [7, 11) is 0. The SMILES string of the molecule is Cc1ccc(O)c(CNc2ccc(O)cc2C)c1. The van der Waals surface area contributed by atoms with Crippen molar-refractivity contribution in [2.45, 2.75) is 20.4 Å². The lowest BCUT2D eigenvalue weighted by Gasteiger charge is -2.11. The first kappa shape index (κ1) is 12.3. The van der Waals surface area contributed by atoms with Gasteiger partial charge >= 0.3 is 0 Å². The fourth-order valence-corrected chi connectivity index (χ4v) is 1.89. The molecule has 0 bridgehead atoms. The van der Waals surface area contributed by atoms with Gasteiger partial charge in [-0.3, -0.25) is 0 Å². The Bertz CT molecular complexity index is 564. The zero-order valence-corrected chi connectivity index (χ0v) is 10.6. The largest absolute Gasteiger partial charge is 0.508 e. The van der Waals surface area contributed by atoms with Crippen molar-refractivity contribution in [1.82, 2.24) is 0 Å². The minimum atomic E-state index is 0.261. The molecule has 2 aromatic carbocycles. The summed E-state index contributed by atoms with van der Waals surface area (Å²) in [4.78, 5) is 0. The number of rotatable bonds is 3. The van der Waals surface area contributed by atoms with Crippen molar-refractivity contribution in [3.63, 3.8) is 0 Å². The Hall–Kier alpha value is -2.16. The van der Waals surface area contributed by atoms with Crippen molar-refractivity contribution in [2.24, 2.45) is 0 Å². The van der Waals surface area contributed by atoms with Gasteiger partial charge in [0.1, 0.15) is 11.5 Å². The molecule has 0 unspecified atom stereocenters. The van der Waals surface area contributed by atoms with Gasteiger partial charge in [-0.05, 0) is 43.7 Å². The topological polar surface area (TPSA) is 52.5 Å². The van der Waals surface area contributed by atoms with Crippen LogP contribution in [-0.4, -0.2) is 10.2 Å². The van der Waals surface area contributed by atoms with E-state index in [2.05, 4.69) is 5.32 Å². The van der Waals surface area contributed by atoms with E-state index in [-0.39, 0.29) is 5.75 Å². The molecule has 0 aliphatic rings. The van der Waals surface area contributed by atoms with Crippen LogP contribution >= 0.6 is 0 Å². The standard InChI is InChI=1S/C15H17NO2/c1-10-3-6-15(18)12(7-10)9-16-14-5-4-13(17)8-11(14)2/h3-8,16-18H,9H2,1-2H3. The molecule has 0 heterocycles. The summed E-state index contributed by atoms with van der Waals surface area (Å²) in [6.45, 7) is 4.48. The summed E-state index contributed by atoms with van der Waals surface area (Å²) in [5.74, 6) is 0.556. The van der Waals surface area contributed by atoms with Crippen LogP contribution in [0.5, 0.6) is 11.5 Å². The molecule has 3 N–H and O–H groups in total. The molecule has 94 valence electrons. The summed E-state index contributed by atoms with van der Waals surface area (Å²) >= 11 is 0. The Kier molecular flexibility index (Phi) is 3.42. The van der Waals surface area contributed by atoms with Gasteiger partial charge in [-0.1, -0.05) is 17.7 Å². The highest BCUT2D eigenvalue weighted by Crippen LogP contribution is 2.23. The van der Waals surface area contributed by atoms with E-state index in [0.29, 0.717) is 12.3 Å². The zero-order valence-electron chi connectivity index (χ0n) is 10.6. The molecule has 18 heavy (non-hydrogen) atoms. The normalized spacial score (nSPS) is 10.3. The van der Waals surface area contributed by atoms with Crippen molar-refractivity contribution >= 4 is 5.69 Å². The maximum Gasteiger partial charge on any atom is 0.120 e. The molecule has 0 fully saturated rings. The van der Waals surface area contributed by atoms with Crippen LogP contribution in [0, 0.1) is 13.8 Å². The smallest absolute Gasteiger partial charge is 0.120 e. The predicted molar refractivity (Wildman–Crippen MR) is 73.0 cm³/mol. The minimum absolute atomic E-state index is 0.261. The summed E-state index contributed by atoms with van der Waals surface area (Å²) in [6.07, 6.45) is 0. The second kappa shape index (κ2) is 5.00. The summed E-state index contributed by atoms with van der Waals surface area (Å²) in [6, 6.07) is 10.7. The average molecular weight is 243 g/mol. The van der Waals surface area contributed by atoms with Crippen molar-refractivity contribution in [3.8, 4) is 11.5 Å². The first-order chi connectivity index (χ1) is 8.56. The van der Waals surface area contributed by atoms with E-state index in [1.807, 2.05) is 32.0 Å². The fourth-order valence-electron chi connectivity index (χ4n) is 1.89. The summed E-state index contributed by atoms with van der Waals surface area (Å²) in [5.41, 5.74) is 3.91. The highest BCUT2D eigenvalue weighted by atomic mass is 16.3. The Morgan fingerprint density at radius 3 is 2.50 bits per heavy atom. The number of hydrogen-bond acceptors (Lipinski definition) is 3. The molecule has 0 amide bonds. The van der Waals surface area contributed by atoms with E-state index in [1.54, 1.807) is 18.2 Å². The number of phenolic OH excluding ortho intramolecular Hbond substituents is 2. The maximum absolute atomic E-state index is 9.75. The summed E-state index contributed by atoms with van der Waals surface area (Å²) < 4.78 is 0. The number of aryl methyl sites for hydroxylation is 2. The number of nitrogens with one attached hydrogen (secondary N) is 1. The van der Waals surface area contributed by atoms with Crippen molar-refractivity contribution in [1.29, 1.82) is 0 Å². The third-order valence-electron chi connectivity index (χ3n) is 2.91. The number of aromatic hydroxyl groups is 2. The van der Waals surface area contributed by atoms with Gasteiger partial charge in [0.2, 0.25) is 0 Å². The lowest BCUT2D eigenvalue weighted by Crippen LogP contribution is -2.01. The van der Waals surface area contributed by atoms with Gasteiger partial charge < -0.3 is 15.5 Å². The number of phenols is 2. The van der Waals surface area contributed by atoms with E-state index < -0.39 is 0 Å². The Morgan fingerprint density at radius 1 is 1.00 bits per heavy atom. The van der Waals surface area contributed by atoms with Crippen molar-refractivity contribution < 1.29 is 10.2 Å². The zero-order chi connectivity index (χ0) is 13.1. The van der Waals surface area contributed by atoms with E-state index >= 15 is 0 Å². The molecule has 3 heteroatoms. The third-order valence-corrected chi connectivity index (χ3v) is 2.91. The van der Waals surface area contributed by atoms with E-state index in [0.717, 1.165) is 22.4 Å². The van der Waals surface area contributed by atoms with E-state index in [9.17, 15) is 10.2 Å². The van der Waals surface area contributed by atoms with Crippen LogP contribution in [0.3, 0.4) is 0 Å². The highest BCUT2D eigenvalue weighted by Gasteiger charge is 2.03. The van der Waals surface area contributed by atoms with Crippen LogP contribution in [0.4, 0.5) is 5.69 Å². The quantitative estimate of drug-likeness (QED) is 0.725. The van der Waals surface area contributed by atoms with Crippen LogP contribution in [0.1, 0.15) is 16.7 Å². The highest BCUT2D eigenvalue weighted by molar-refractivity contribution is 5.54. The Labute approximate surface area is 107 Å². The molecule has 0 saturated carbocycles. The van der Waals surface area contributed by atoms with Gasteiger partial charge in [-0.25, -0.2) is 0 Å². The molecule has 0 aliphatic heterocycles. The number of benzene rings is 2. The average Bonchev–Trinajstić information content (AvgIpc) is 2.32. The molecule has 0 saturated heterocycles. The first-order valence-corrected chi connectivity index (χ1v) is 5.88. The molecule has 0 radical (unpaired) electrons. The van der Waals surface area contributed by atoms with Gasteiger partial charge in [-0.2, -0.15) is 0 Å². The lowest BCUT2D eigenvalue weighted by molar-refractivity contribution is 0.468. The Balaban J connectivity index is 2.13. The van der Waals surface area contributed by atoms with Crippen LogP contribution in [0.15, 0.2) is 36.4 Å². The van der Waals surface area contributed by atoms with Crippen LogP contribution in [0.25, 0.3) is 0 Å². The van der Waals surface area contributed by atoms with Crippen LogP contribution in [0.2, 0.25) is 0 Å². The lowest BCUT2D eigenvalue weighted by atomic mass is 10.1. The number of anilines is 1. The van der Waals surface area contributed by atoms with Crippen LogP contribution in [-0.2, 0) is 6.54 Å². The molecular formula is C15H17NO2. The predicted octanol–water partition coefficient (Wildman–Crippen LogP) is 3.33. The molecule has 2 aromatic rings. The molecule has 3 nitrogen and oxygen atoms in total. The molecule has 0 spiro atoms. The van der Waals surface area contributed by atoms with Crippen LogP contribution < -0.4 is 5.32 Å². The monoisotopic (exact) mass is 243 g/mol. The fraction of sp³-hybridized carbons (Fsp3) is 0.200. The van der Waals surface area contributed by atoms with E-state index in [4.69, 9.17) is 0 Å². The second-order valence-electron chi connectivity index (χ2n) is 4.48. The number of hydrogen-bond donors (Lipinski definition) is 3. The molecule has 0 aliphatic carbocycles. The Morgan fingerprint density at radius 2 is 1.78 bits per heavy atom. The van der Waals surface area contributed by atoms with Crippen molar-refractivity contribution in [2.75, 3.05) is 5.32 Å². The molecule has 2 rings (SSSR count). The molecular weight excluding hydrogens is 226 g/mol.